The van der Waals surface area contributed by atoms with Gasteiger partial charge in [0, 0.05) is 25.0 Å². The van der Waals surface area contributed by atoms with Crippen LogP contribution in [0.5, 0.6) is 0 Å². The summed E-state index contributed by atoms with van der Waals surface area (Å²) >= 11 is 1.41. The van der Waals surface area contributed by atoms with Crippen molar-refractivity contribution in [2.75, 3.05) is 13.1 Å². The van der Waals surface area contributed by atoms with Crippen LogP contribution < -0.4 is 10.9 Å². The number of aliphatic imine (C=N–C) groups is 1. The van der Waals surface area contributed by atoms with E-state index in [-0.39, 0.29) is 5.56 Å². The predicted molar refractivity (Wildman–Crippen MR) is 50.9 cm³/mol. The minimum absolute atomic E-state index is 0.0741. The van der Waals surface area contributed by atoms with Crippen molar-refractivity contribution in [1.82, 2.24) is 9.27 Å². The van der Waals surface area contributed by atoms with Crippen molar-refractivity contribution in [2.24, 2.45) is 12.0 Å². The summed E-state index contributed by atoms with van der Waals surface area (Å²) in [6.07, 6.45) is 1.74. The van der Waals surface area contributed by atoms with Gasteiger partial charge in [0.25, 0.3) is 5.56 Å². The predicted octanol–water partition coefficient (Wildman–Crippen LogP) is 0.0647. The zero-order valence-electron chi connectivity index (χ0n) is 6.86. The molecule has 1 aliphatic rings. The van der Waals surface area contributed by atoms with Crippen molar-refractivity contribution in [3.05, 3.63) is 21.8 Å². The average Bonchev–Trinajstić information content (AvgIpc) is 2.67. The maximum atomic E-state index is 10.4. The highest BCUT2D eigenvalue weighted by Gasteiger charge is 1.83. The van der Waals surface area contributed by atoms with E-state index in [0.29, 0.717) is 0 Å². The minimum atomic E-state index is 0.0741. The minimum Gasteiger partial charge on any atom is -0.375 e. The van der Waals surface area contributed by atoms with Gasteiger partial charge in [0.05, 0.1) is 12.9 Å². The number of hydrogen-bond donors (Lipinski definition) is 1. The average molecular weight is 185 g/mol. The number of aromatic nitrogens is 1. The molecule has 0 unspecified atom stereocenters. The summed E-state index contributed by atoms with van der Waals surface area (Å²) in [7, 11) is 1.74. The van der Waals surface area contributed by atoms with Gasteiger partial charge in [0.15, 0.2) is 0 Å². The van der Waals surface area contributed by atoms with Gasteiger partial charge in [0.1, 0.15) is 0 Å². The first-order valence-corrected chi connectivity index (χ1v) is 4.47. The lowest BCUT2D eigenvalue weighted by atomic mass is 10.7. The zero-order chi connectivity index (χ0) is 8.81. The summed E-state index contributed by atoms with van der Waals surface area (Å²) < 4.78 is 1.57. The van der Waals surface area contributed by atoms with E-state index in [2.05, 4.69) is 10.3 Å². The van der Waals surface area contributed by atoms with Crippen LogP contribution in [0.2, 0.25) is 0 Å². The van der Waals surface area contributed by atoms with Gasteiger partial charge < -0.3 is 5.32 Å². The Hall–Kier alpha value is -1.10. The third kappa shape index (κ3) is 2.87. The van der Waals surface area contributed by atoms with Crippen molar-refractivity contribution < 1.29 is 0 Å². The maximum absolute atomic E-state index is 10.4. The number of nitrogens with one attached hydrogen (secondary N) is 1. The van der Waals surface area contributed by atoms with Gasteiger partial charge in [-0.1, -0.05) is 11.5 Å². The van der Waals surface area contributed by atoms with Gasteiger partial charge in [-0.15, -0.1) is 0 Å². The Kier molecular flexibility index (Phi) is 3.53. The van der Waals surface area contributed by atoms with E-state index in [4.69, 9.17) is 0 Å². The zero-order valence-corrected chi connectivity index (χ0v) is 7.67. The quantitative estimate of drug-likeness (QED) is 0.621. The topological polar surface area (TPSA) is 46.4 Å². The monoisotopic (exact) mass is 185 g/mol. The highest BCUT2D eigenvalue weighted by Crippen LogP contribution is 1.84. The first-order chi connectivity index (χ1) is 5.80. The molecular weight excluding hydrogens is 174 g/mol. The molecule has 2 heterocycles. The molecule has 0 radical (unpaired) electrons. The second kappa shape index (κ2) is 4.71. The molecule has 4 nitrogen and oxygen atoms in total. The number of nitrogens with zero attached hydrogens (tertiary/aromatic N) is 2. The molecule has 0 fully saturated rings. The Morgan fingerprint density at radius 2 is 2.58 bits per heavy atom. The lowest BCUT2D eigenvalue weighted by Crippen LogP contribution is -2.05. The van der Waals surface area contributed by atoms with Crippen LogP contribution in [0.3, 0.4) is 0 Å². The molecule has 12 heavy (non-hydrogen) atoms. The van der Waals surface area contributed by atoms with E-state index in [1.165, 1.54) is 11.5 Å². The van der Waals surface area contributed by atoms with Crippen LogP contribution in [0.25, 0.3) is 0 Å². The normalized spacial score (nSPS) is 13.4. The largest absolute Gasteiger partial charge is 0.375 e. The van der Waals surface area contributed by atoms with Crippen LogP contribution >= 0.6 is 11.5 Å². The third-order valence-electron chi connectivity index (χ3n) is 1.31. The lowest BCUT2D eigenvalue weighted by Gasteiger charge is -1.76. The lowest BCUT2D eigenvalue weighted by molar-refractivity contribution is 0.965. The standard InChI is InChI=1S/C4H5NOS.C3H6N2/c1-5-4(6)2-3-7-5;1-2-5-3-4-1/h2-3H,1H3;3H,1-2H2,(H,4,5). The number of aryl methyl sites for hydroxylation is 1. The van der Waals surface area contributed by atoms with E-state index >= 15 is 0 Å². The molecule has 0 atom stereocenters. The van der Waals surface area contributed by atoms with Gasteiger partial charge in [-0.05, 0) is 0 Å². The summed E-state index contributed by atoms with van der Waals surface area (Å²) in [5, 5.41) is 4.70. The molecule has 5 heteroatoms. The maximum Gasteiger partial charge on any atom is 0.260 e. The van der Waals surface area contributed by atoms with Gasteiger partial charge in [0.2, 0.25) is 0 Å². The van der Waals surface area contributed by atoms with Crippen molar-refractivity contribution in [2.45, 2.75) is 0 Å². The third-order valence-corrected chi connectivity index (χ3v) is 2.06. The molecule has 0 saturated carbocycles. The number of rotatable bonds is 0. The van der Waals surface area contributed by atoms with Crippen LogP contribution in [0.1, 0.15) is 0 Å². The van der Waals surface area contributed by atoms with E-state index in [1.807, 2.05) is 0 Å². The molecule has 0 spiro atoms. The molecule has 1 aromatic heterocycles. The fourth-order valence-electron chi connectivity index (χ4n) is 0.660. The van der Waals surface area contributed by atoms with E-state index in [1.54, 1.807) is 28.8 Å². The Morgan fingerprint density at radius 1 is 1.75 bits per heavy atom. The van der Waals surface area contributed by atoms with Gasteiger partial charge in [-0.3, -0.25) is 13.7 Å². The van der Waals surface area contributed by atoms with E-state index in [0.717, 1.165) is 13.1 Å². The molecule has 0 aromatic carbocycles. The molecule has 66 valence electrons. The fraction of sp³-hybridized carbons (Fsp3) is 0.429. The summed E-state index contributed by atoms with van der Waals surface area (Å²) in [6, 6.07) is 1.55. The Bertz CT molecular complexity index is 296. The molecule has 2 rings (SSSR count). The second-order valence-corrected chi connectivity index (χ2v) is 3.26. The van der Waals surface area contributed by atoms with E-state index in [9.17, 15) is 4.79 Å². The fourth-order valence-corrected chi connectivity index (χ4v) is 1.18. The van der Waals surface area contributed by atoms with Crippen LogP contribution in [0.15, 0.2) is 21.2 Å². The highest BCUT2D eigenvalue weighted by molar-refractivity contribution is 7.04. The summed E-state index contributed by atoms with van der Waals surface area (Å²) in [5.41, 5.74) is 0.0741. The Labute approximate surface area is 74.7 Å². The van der Waals surface area contributed by atoms with Crippen LogP contribution in [0.4, 0.5) is 0 Å². The molecular formula is C7H11N3OS. The van der Waals surface area contributed by atoms with Crippen LogP contribution in [-0.4, -0.2) is 23.4 Å². The second-order valence-electron chi connectivity index (χ2n) is 2.23. The van der Waals surface area contributed by atoms with Crippen molar-refractivity contribution in [1.29, 1.82) is 0 Å². The molecule has 1 N–H and O–H groups in total. The number of hydrogen-bond acceptors (Lipinski definition) is 4. The first-order valence-electron chi connectivity index (χ1n) is 3.63. The van der Waals surface area contributed by atoms with Gasteiger partial charge in [-0.25, -0.2) is 0 Å². The Morgan fingerprint density at radius 3 is 2.75 bits per heavy atom. The molecule has 1 aromatic rings. The summed E-state index contributed by atoms with van der Waals surface area (Å²) in [4.78, 5) is 14.2. The highest BCUT2D eigenvalue weighted by atomic mass is 32.1. The van der Waals surface area contributed by atoms with Crippen molar-refractivity contribution >= 4 is 17.9 Å². The van der Waals surface area contributed by atoms with Crippen molar-refractivity contribution in [3.8, 4) is 0 Å². The van der Waals surface area contributed by atoms with Crippen molar-refractivity contribution in [3.63, 3.8) is 0 Å². The molecule has 0 amide bonds. The van der Waals surface area contributed by atoms with Crippen LogP contribution in [0, 0.1) is 0 Å². The molecule has 0 aliphatic carbocycles. The van der Waals surface area contributed by atoms with Crippen LogP contribution in [-0.2, 0) is 7.05 Å². The molecule has 0 saturated heterocycles. The van der Waals surface area contributed by atoms with Gasteiger partial charge >= 0.3 is 0 Å². The van der Waals surface area contributed by atoms with Gasteiger partial charge in [-0.2, -0.15) is 0 Å². The Balaban J connectivity index is 0.000000127. The summed E-state index contributed by atoms with van der Waals surface area (Å²) in [6.45, 7) is 1.99. The first kappa shape index (κ1) is 8.99. The molecule has 1 aliphatic heterocycles. The summed E-state index contributed by atoms with van der Waals surface area (Å²) in [5.74, 6) is 0. The smallest absolute Gasteiger partial charge is 0.260 e. The molecule has 0 bridgehead atoms. The van der Waals surface area contributed by atoms with E-state index < -0.39 is 0 Å². The SMILES string of the molecule is C1=NCCN1.Cn1sccc1=O.